The van der Waals surface area contributed by atoms with E-state index in [0.29, 0.717) is 5.15 Å². The molecule has 0 N–H and O–H groups in total. The lowest BCUT2D eigenvalue weighted by atomic mass is 9.87. The standard InChI is InChI=1S/C18H23ClN2/c1-18(2,3)15-12-13-11-14(21-9-5-4-6-10-21)7-8-16(13)20-17(15)19/h7-8,11-12H,4-6,9-10H2,1-3H3. The number of aromatic nitrogens is 1. The summed E-state index contributed by atoms with van der Waals surface area (Å²) in [5.74, 6) is 0. The second-order valence-corrected chi connectivity index (χ2v) is 7.36. The number of hydrogen-bond acceptors (Lipinski definition) is 2. The van der Waals surface area contributed by atoms with Crippen LogP contribution >= 0.6 is 11.6 Å². The lowest BCUT2D eigenvalue weighted by Crippen LogP contribution is -2.29. The molecule has 0 aliphatic carbocycles. The zero-order chi connectivity index (χ0) is 15.0. The fourth-order valence-corrected chi connectivity index (χ4v) is 3.44. The van der Waals surface area contributed by atoms with Crippen molar-refractivity contribution in [3.63, 3.8) is 0 Å². The molecule has 2 heterocycles. The number of rotatable bonds is 1. The van der Waals surface area contributed by atoms with E-state index in [4.69, 9.17) is 11.6 Å². The Bertz CT molecular complexity index is 652. The molecule has 0 spiro atoms. The van der Waals surface area contributed by atoms with Gasteiger partial charge in [0.2, 0.25) is 0 Å². The molecular weight excluding hydrogens is 280 g/mol. The first kappa shape index (κ1) is 14.6. The summed E-state index contributed by atoms with van der Waals surface area (Å²) in [6, 6.07) is 8.74. The number of benzene rings is 1. The van der Waals surface area contributed by atoms with Gasteiger partial charge in [-0.2, -0.15) is 0 Å². The SMILES string of the molecule is CC(C)(C)c1cc2cc(N3CCCCC3)ccc2nc1Cl. The summed E-state index contributed by atoms with van der Waals surface area (Å²) in [5.41, 5.74) is 3.42. The fraction of sp³-hybridized carbons (Fsp3) is 0.500. The van der Waals surface area contributed by atoms with Gasteiger partial charge in [-0.15, -0.1) is 0 Å². The van der Waals surface area contributed by atoms with E-state index in [1.165, 1.54) is 43.4 Å². The van der Waals surface area contributed by atoms with Crippen LogP contribution in [0.4, 0.5) is 5.69 Å². The van der Waals surface area contributed by atoms with Gasteiger partial charge in [0.05, 0.1) is 5.52 Å². The molecule has 2 nitrogen and oxygen atoms in total. The molecule has 1 aromatic carbocycles. The van der Waals surface area contributed by atoms with Gasteiger partial charge in [0.15, 0.2) is 0 Å². The van der Waals surface area contributed by atoms with E-state index in [1.54, 1.807) is 0 Å². The molecule has 0 radical (unpaired) electrons. The van der Waals surface area contributed by atoms with E-state index in [0.717, 1.165) is 11.1 Å². The van der Waals surface area contributed by atoms with Gasteiger partial charge < -0.3 is 4.90 Å². The molecule has 112 valence electrons. The van der Waals surface area contributed by atoms with Gasteiger partial charge in [-0.3, -0.25) is 0 Å². The number of piperidine rings is 1. The van der Waals surface area contributed by atoms with Crippen molar-refractivity contribution in [1.29, 1.82) is 0 Å². The molecule has 0 amide bonds. The molecule has 1 saturated heterocycles. The lowest BCUT2D eigenvalue weighted by Gasteiger charge is -2.29. The van der Waals surface area contributed by atoms with Gasteiger partial charge in [0.25, 0.3) is 0 Å². The Balaban J connectivity index is 2.05. The van der Waals surface area contributed by atoms with E-state index in [-0.39, 0.29) is 5.41 Å². The molecule has 0 unspecified atom stereocenters. The summed E-state index contributed by atoms with van der Waals surface area (Å²) >= 11 is 6.35. The van der Waals surface area contributed by atoms with Gasteiger partial charge in [0, 0.05) is 24.2 Å². The van der Waals surface area contributed by atoms with Crippen molar-refractivity contribution < 1.29 is 0 Å². The summed E-state index contributed by atoms with van der Waals surface area (Å²) < 4.78 is 0. The largest absolute Gasteiger partial charge is 0.372 e. The highest BCUT2D eigenvalue weighted by molar-refractivity contribution is 6.30. The zero-order valence-corrected chi connectivity index (χ0v) is 13.9. The van der Waals surface area contributed by atoms with Crippen molar-refractivity contribution in [2.45, 2.75) is 45.4 Å². The maximum absolute atomic E-state index is 6.35. The number of fused-ring (bicyclic) bond motifs is 1. The van der Waals surface area contributed by atoms with E-state index in [1.807, 2.05) is 0 Å². The number of pyridine rings is 1. The van der Waals surface area contributed by atoms with Crippen molar-refractivity contribution in [3.8, 4) is 0 Å². The summed E-state index contributed by atoms with van der Waals surface area (Å²) in [7, 11) is 0. The van der Waals surface area contributed by atoms with Crippen LogP contribution < -0.4 is 4.90 Å². The predicted molar refractivity (Wildman–Crippen MR) is 91.5 cm³/mol. The minimum atomic E-state index is 0.0133. The van der Waals surface area contributed by atoms with Crippen LogP contribution in [-0.2, 0) is 5.41 Å². The second kappa shape index (κ2) is 5.49. The molecule has 0 atom stereocenters. The molecule has 0 bridgehead atoms. The van der Waals surface area contributed by atoms with Crippen LogP contribution in [0.1, 0.15) is 45.6 Å². The van der Waals surface area contributed by atoms with Gasteiger partial charge in [-0.25, -0.2) is 4.98 Å². The van der Waals surface area contributed by atoms with Crippen LogP contribution in [0, 0.1) is 0 Å². The summed E-state index contributed by atoms with van der Waals surface area (Å²) in [6.45, 7) is 8.86. The molecule has 1 aliphatic rings. The topological polar surface area (TPSA) is 16.1 Å². The normalized spacial score (nSPS) is 16.5. The second-order valence-electron chi connectivity index (χ2n) is 7.00. The van der Waals surface area contributed by atoms with Crippen LogP contribution in [0.5, 0.6) is 0 Å². The van der Waals surface area contributed by atoms with E-state index < -0.39 is 0 Å². The maximum Gasteiger partial charge on any atom is 0.133 e. The monoisotopic (exact) mass is 302 g/mol. The predicted octanol–water partition coefficient (Wildman–Crippen LogP) is 5.18. The molecule has 3 heteroatoms. The minimum absolute atomic E-state index is 0.0133. The molecule has 21 heavy (non-hydrogen) atoms. The van der Waals surface area contributed by atoms with E-state index in [9.17, 15) is 0 Å². The summed E-state index contributed by atoms with van der Waals surface area (Å²) in [6.07, 6.45) is 3.95. The van der Waals surface area contributed by atoms with Crippen molar-refractivity contribution in [1.82, 2.24) is 4.98 Å². The fourth-order valence-electron chi connectivity index (χ4n) is 3.02. The van der Waals surface area contributed by atoms with Crippen molar-refractivity contribution >= 4 is 28.2 Å². The third-order valence-electron chi connectivity index (χ3n) is 4.28. The average Bonchev–Trinajstić information content (AvgIpc) is 2.46. The highest BCUT2D eigenvalue weighted by Gasteiger charge is 2.19. The van der Waals surface area contributed by atoms with Gasteiger partial charge in [-0.1, -0.05) is 32.4 Å². The van der Waals surface area contributed by atoms with Gasteiger partial charge in [-0.05, 0) is 54.5 Å². The van der Waals surface area contributed by atoms with Crippen molar-refractivity contribution in [2.75, 3.05) is 18.0 Å². The Hall–Kier alpha value is -1.28. The van der Waals surface area contributed by atoms with Crippen LogP contribution in [0.25, 0.3) is 10.9 Å². The molecular formula is C18H23ClN2. The molecule has 3 rings (SSSR count). The average molecular weight is 303 g/mol. The van der Waals surface area contributed by atoms with Gasteiger partial charge >= 0.3 is 0 Å². The van der Waals surface area contributed by atoms with E-state index in [2.05, 4.69) is 54.9 Å². The Morgan fingerprint density at radius 1 is 1.05 bits per heavy atom. The molecule has 1 aromatic heterocycles. The Kier molecular flexibility index (Phi) is 3.83. The number of anilines is 1. The minimum Gasteiger partial charge on any atom is -0.372 e. The Morgan fingerprint density at radius 2 is 1.76 bits per heavy atom. The van der Waals surface area contributed by atoms with Crippen molar-refractivity contribution in [2.24, 2.45) is 0 Å². The van der Waals surface area contributed by atoms with Crippen LogP contribution in [-0.4, -0.2) is 18.1 Å². The zero-order valence-electron chi connectivity index (χ0n) is 13.1. The molecule has 0 saturated carbocycles. The maximum atomic E-state index is 6.35. The van der Waals surface area contributed by atoms with Crippen LogP contribution in [0.3, 0.4) is 0 Å². The Morgan fingerprint density at radius 3 is 2.43 bits per heavy atom. The smallest absolute Gasteiger partial charge is 0.133 e. The summed E-state index contributed by atoms with van der Waals surface area (Å²) in [5, 5.41) is 1.81. The van der Waals surface area contributed by atoms with Crippen molar-refractivity contribution in [3.05, 3.63) is 35.0 Å². The third-order valence-corrected chi connectivity index (χ3v) is 4.57. The number of halogens is 1. The highest BCUT2D eigenvalue weighted by atomic mass is 35.5. The molecule has 2 aromatic rings. The summed E-state index contributed by atoms with van der Waals surface area (Å²) in [4.78, 5) is 7.06. The highest BCUT2D eigenvalue weighted by Crippen LogP contribution is 2.32. The Labute approximate surface area is 132 Å². The van der Waals surface area contributed by atoms with Gasteiger partial charge in [0.1, 0.15) is 5.15 Å². The first-order chi connectivity index (χ1) is 9.95. The first-order valence-electron chi connectivity index (χ1n) is 7.81. The number of hydrogen-bond donors (Lipinski definition) is 0. The number of nitrogens with zero attached hydrogens (tertiary/aromatic N) is 2. The quantitative estimate of drug-likeness (QED) is 0.675. The first-order valence-corrected chi connectivity index (χ1v) is 8.19. The third kappa shape index (κ3) is 3.01. The van der Waals surface area contributed by atoms with Crippen LogP contribution in [0.2, 0.25) is 5.15 Å². The molecule has 1 aliphatic heterocycles. The molecule has 1 fully saturated rings. The lowest BCUT2D eigenvalue weighted by molar-refractivity contribution is 0.578. The van der Waals surface area contributed by atoms with Crippen LogP contribution in [0.15, 0.2) is 24.3 Å². The van der Waals surface area contributed by atoms with E-state index >= 15 is 0 Å².